The summed E-state index contributed by atoms with van der Waals surface area (Å²) in [4.78, 5) is 11.7. The van der Waals surface area contributed by atoms with Crippen LogP contribution in [0.4, 0.5) is 8.78 Å². The van der Waals surface area contributed by atoms with E-state index in [0.29, 0.717) is 12.0 Å². The maximum absolute atomic E-state index is 13.5. The van der Waals surface area contributed by atoms with Crippen molar-refractivity contribution >= 4 is 5.91 Å². The predicted octanol–water partition coefficient (Wildman–Crippen LogP) is 3.58. The molecule has 0 radical (unpaired) electrons. The maximum atomic E-state index is 13.5. The Balaban J connectivity index is 2.71. The first-order valence-electron chi connectivity index (χ1n) is 5.93. The third-order valence-electron chi connectivity index (χ3n) is 2.50. The molecule has 0 spiro atoms. The van der Waals surface area contributed by atoms with Crippen LogP contribution in [0.25, 0.3) is 0 Å². The standard InChI is InChI=1S/C14H19F2NO/c1-9(17-13(18)8-14(2,3)4)11-6-5-10(15)7-12(11)16/h5-7,9H,8H2,1-4H3,(H,17,18). The molecule has 0 fully saturated rings. The van der Waals surface area contributed by atoms with E-state index in [-0.39, 0.29) is 11.3 Å². The number of hydrogen-bond donors (Lipinski definition) is 1. The highest BCUT2D eigenvalue weighted by Crippen LogP contribution is 2.21. The van der Waals surface area contributed by atoms with Gasteiger partial charge >= 0.3 is 0 Å². The molecule has 0 saturated heterocycles. The second kappa shape index (κ2) is 5.46. The van der Waals surface area contributed by atoms with Crippen LogP contribution in [0.5, 0.6) is 0 Å². The fraction of sp³-hybridized carbons (Fsp3) is 0.500. The van der Waals surface area contributed by atoms with Gasteiger partial charge in [0.05, 0.1) is 6.04 Å². The number of nitrogens with one attached hydrogen (secondary N) is 1. The van der Waals surface area contributed by atoms with Crippen molar-refractivity contribution in [3.8, 4) is 0 Å². The molecule has 1 aromatic rings. The van der Waals surface area contributed by atoms with Crippen LogP contribution in [-0.4, -0.2) is 5.91 Å². The number of rotatable bonds is 3. The molecule has 0 aliphatic heterocycles. The minimum absolute atomic E-state index is 0.120. The molecule has 4 heteroatoms. The molecular formula is C14H19F2NO. The van der Waals surface area contributed by atoms with E-state index in [4.69, 9.17) is 0 Å². The monoisotopic (exact) mass is 255 g/mol. The fourth-order valence-electron chi connectivity index (χ4n) is 1.70. The highest BCUT2D eigenvalue weighted by Gasteiger charge is 2.19. The molecule has 1 unspecified atom stereocenters. The van der Waals surface area contributed by atoms with Crippen molar-refractivity contribution in [1.82, 2.24) is 5.32 Å². The number of hydrogen-bond acceptors (Lipinski definition) is 1. The molecule has 1 amide bonds. The second-order valence-corrected chi connectivity index (χ2v) is 5.69. The molecular weight excluding hydrogens is 236 g/mol. The van der Waals surface area contributed by atoms with Crippen LogP contribution in [0.1, 0.15) is 45.7 Å². The zero-order chi connectivity index (χ0) is 13.9. The average Bonchev–Trinajstić information content (AvgIpc) is 2.13. The lowest BCUT2D eigenvalue weighted by atomic mass is 9.91. The van der Waals surface area contributed by atoms with Crippen LogP contribution >= 0.6 is 0 Å². The van der Waals surface area contributed by atoms with E-state index < -0.39 is 17.7 Å². The summed E-state index contributed by atoms with van der Waals surface area (Å²) in [7, 11) is 0. The second-order valence-electron chi connectivity index (χ2n) is 5.69. The van der Waals surface area contributed by atoms with Gasteiger partial charge in [0.25, 0.3) is 0 Å². The summed E-state index contributed by atoms with van der Waals surface area (Å²) in [6, 6.07) is 2.89. The summed E-state index contributed by atoms with van der Waals surface area (Å²) in [6.07, 6.45) is 0.361. The first-order chi connectivity index (χ1) is 8.19. The smallest absolute Gasteiger partial charge is 0.220 e. The third kappa shape index (κ3) is 4.43. The first-order valence-corrected chi connectivity index (χ1v) is 5.93. The average molecular weight is 255 g/mol. The lowest BCUT2D eigenvalue weighted by Crippen LogP contribution is -2.30. The Hall–Kier alpha value is -1.45. The summed E-state index contributed by atoms with van der Waals surface area (Å²) in [5, 5.41) is 2.71. The molecule has 1 atom stereocenters. The Morgan fingerprint density at radius 1 is 1.33 bits per heavy atom. The molecule has 0 bridgehead atoms. The Bertz CT molecular complexity index is 438. The van der Waals surface area contributed by atoms with Crippen molar-refractivity contribution in [3.63, 3.8) is 0 Å². The molecule has 0 aliphatic carbocycles. The summed E-state index contributed by atoms with van der Waals surface area (Å²) < 4.78 is 26.3. The summed E-state index contributed by atoms with van der Waals surface area (Å²) in [5.41, 5.74) is 0.171. The molecule has 0 aromatic heterocycles. The van der Waals surface area contributed by atoms with E-state index in [1.807, 2.05) is 20.8 Å². The lowest BCUT2D eigenvalue weighted by molar-refractivity contribution is -0.123. The van der Waals surface area contributed by atoms with Crippen molar-refractivity contribution in [1.29, 1.82) is 0 Å². The number of carbonyl (C=O) groups is 1. The SMILES string of the molecule is CC(NC(=O)CC(C)(C)C)c1ccc(F)cc1F. The molecule has 0 heterocycles. The van der Waals surface area contributed by atoms with E-state index in [1.165, 1.54) is 12.1 Å². The quantitative estimate of drug-likeness (QED) is 0.878. The fourth-order valence-corrected chi connectivity index (χ4v) is 1.70. The van der Waals surface area contributed by atoms with E-state index in [9.17, 15) is 13.6 Å². The van der Waals surface area contributed by atoms with Crippen molar-refractivity contribution in [2.75, 3.05) is 0 Å². The molecule has 2 nitrogen and oxygen atoms in total. The summed E-state index contributed by atoms with van der Waals surface area (Å²) >= 11 is 0. The van der Waals surface area contributed by atoms with Gasteiger partial charge in [-0.05, 0) is 18.4 Å². The van der Waals surface area contributed by atoms with Crippen molar-refractivity contribution in [2.24, 2.45) is 5.41 Å². The minimum Gasteiger partial charge on any atom is -0.349 e. The summed E-state index contributed by atoms with van der Waals surface area (Å²) in [5.74, 6) is -1.40. The first kappa shape index (κ1) is 14.6. The molecule has 1 N–H and O–H groups in total. The zero-order valence-electron chi connectivity index (χ0n) is 11.2. The highest BCUT2D eigenvalue weighted by molar-refractivity contribution is 5.77. The van der Waals surface area contributed by atoms with Crippen molar-refractivity contribution in [2.45, 2.75) is 40.2 Å². The zero-order valence-corrected chi connectivity index (χ0v) is 11.2. The summed E-state index contributed by atoms with van der Waals surface area (Å²) in [6.45, 7) is 7.54. The highest BCUT2D eigenvalue weighted by atomic mass is 19.1. The van der Waals surface area contributed by atoms with Gasteiger partial charge in [0.2, 0.25) is 5.91 Å². The molecule has 1 aromatic carbocycles. The molecule has 1 rings (SSSR count). The Labute approximate surface area is 106 Å². The van der Waals surface area contributed by atoms with Crippen molar-refractivity contribution in [3.05, 3.63) is 35.4 Å². The minimum atomic E-state index is -0.640. The van der Waals surface area contributed by atoms with E-state index in [1.54, 1.807) is 6.92 Å². The van der Waals surface area contributed by atoms with Gasteiger partial charge in [0.1, 0.15) is 11.6 Å². The molecule has 0 saturated carbocycles. The van der Waals surface area contributed by atoms with Crippen LogP contribution in [0.3, 0.4) is 0 Å². The van der Waals surface area contributed by atoms with E-state index >= 15 is 0 Å². The topological polar surface area (TPSA) is 29.1 Å². The maximum Gasteiger partial charge on any atom is 0.220 e. The van der Waals surface area contributed by atoms with Gasteiger partial charge < -0.3 is 5.32 Å². The van der Waals surface area contributed by atoms with E-state index in [0.717, 1.165) is 6.07 Å². The van der Waals surface area contributed by atoms with Gasteiger partial charge in [0, 0.05) is 18.1 Å². The Morgan fingerprint density at radius 3 is 2.44 bits per heavy atom. The number of carbonyl (C=O) groups excluding carboxylic acids is 1. The van der Waals surface area contributed by atoms with Gasteiger partial charge in [0.15, 0.2) is 0 Å². The van der Waals surface area contributed by atoms with Gasteiger partial charge in [-0.25, -0.2) is 8.78 Å². The van der Waals surface area contributed by atoms with Crippen molar-refractivity contribution < 1.29 is 13.6 Å². The van der Waals surface area contributed by atoms with Crippen LogP contribution in [0.15, 0.2) is 18.2 Å². The molecule has 100 valence electrons. The largest absolute Gasteiger partial charge is 0.349 e. The Morgan fingerprint density at radius 2 is 1.94 bits per heavy atom. The van der Waals surface area contributed by atoms with E-state index in [2.05, 4.69) is 5.32 Å². The molecule has 0 aliphatic rings. The predicted molar refractivity (Wildman–Crippen MR) is 67.0 cm³/mol. The van der Waals surface area contributed by atoms with Crippen LogP contribution < -0.4 is 5.32 Å². The van der Waals surface area contributed by atoms with Crippen LogP contribution in [0.2, 0.25) is 0 Å². The number of halogens is 2. The van der Waals surface area contributed by atoms with Gasteiger partial charge in [-0.3, -0.25) is 4.79 Å². The lowest BCUT2D eigenvalue weighted by Gasteiger charge is -2.20. The Kier molecular flexibility index (Phi) is 4.43. The third-order valence-corrected chi connectivity index (χ3v) is 2.50. The van der Waals surface area contributed by atoms with Gasteiger partial charge in [-0.15, -0.1) is 0 Å². The number of benzene rings is 1. The van der Waals surface area contributed by atoms with Gasteiger partial charge in [-0.1, -0.05) is 26.8 Å². The normalized spacial score (nSPS) is 13.2. The van der Waals surface area contributed by atoms with Crippen LogP contribution in [-0.2, 0) is 4.79 Å². The van der Waals surface area contributed by atoms with Gasteiger partial charge in [-0.2, -0.15) is 0 Å². The van der Waals surface area contributed by atoms with Crippen LogP contribution in [0, 0.1) is 17.0 Å². The molecule has 18 heavy (non-hydrogen) atoms. The number of amides is 1.